The lowest BCUT2D eigenvalue weighted by Gasteiger charge is -2.11. The third kappa shape index (κ3) is 2.61. The normalized spacial score (nSPS) is 10.7. The van der Waals surface area contributed by atoms with Crippen molar-refractivity contribution in [2.75, 3.05) is 14.2 Å². The molecule has 1 heterocycles. The van der Waals surface area contributed by atoms with Crippen LogP contribution in [0.2, 0.25) is 0 Å². The minimum Gasteiger partial charge on any atom is -0.493 e. The zero-order valence-electron chi connectivity index (χ0n) is 13.2. The van der Waals surface area contributed by atoms with Gasteiger partial charge in [0.25, 0.3) is 0 Å². The first-order valence-corrected chi connectivity index (χ1v) is 7.27. The smallest absolute Gasteiger partial charge is 0.175 e. The van der Waals surface area contributed by atoms with Crippen molar-refractivity contribution in [1.82, 2.24) is 5.16 Å². The summed E-state index contributed by atoms with van der Waals surface area (Å²) in [4.78, 5) is 0. The highest BCUT2D eigenvalue weighted by Gasteiger charge is 2.23. The Labute approximate surface area is 138 Å². The maximum absolute atomic E-state index is 14.1. The van der Waals surface area contributed by atoms with E-state index >= 15 is 0 Å². The number of halogens is 1. The summed E-state index contributed by atoms with van der Waals surface area (Å²) in [5.41, 5.74) is 1.59. The van der Waals surface area contributed by atoms with Crippen LogP contribution in [0.4, 0.5) is 4.39 Å². The summed E-state index contributed by atoms with van der Waals surface area (Å²) in [7, 11) is 3.04. The average molecular weight is 329 g/mol. The Kier molecular flexibility index (Phi) is 4.48. The SMILES string of the molecule is COc1cccc(-c2noc(-c3ccccc3F)c2CO)c1OC. The molecule has 0 amide bonds. The van der Waals surface area contributed by atoms with Crippen LogP contribution in [0.1, 0.15) is 5.56 Å². The highest BCUT2D eigenvalue weighted by molar-refractivity contribution is 5.78. The van der Waals surface area contributed by atoms with Crippen LogP contribution < -0.4 is 9.47 Å². The fraction of sp³-hybridized carbons (Fsp3) is 0.167. The van der Waals surface area contributed by atoms with Crippen molar-refractivity contribution in [2.24, 2.45) is 0 Å². The van der Waals surface area contributed by atoms with Gasteiger partial charge in [-0.05, 0) is 24.3 Å². The van der Waals surface area contributed by atoms with Gasteiger partial charge in [0.15, 0.2) is 17.3 Å². The standard InChI is InChI=1S/C18H16FNO4/c1-22-15-9-5-7-12(18(15)23-2)16-13(10-21)17(24-20-16)11-6-3-4-8-14(11)19/h3-9,21H,10H2,1-2H3. The molecule has 0 saturated heterocycles. The Balaban J connectivity index is 2.20. The molecule has 0 atom stereocenters. The first-order valence-electron chi connectivity index (χ1n) is 7.27. The number of ether oxygens (including phenoxy) is 2. The van der Waals surface area contributed by atoms with Crippen LogP contribution in [-0.4, -0.2) is 24.5 Å². The van der Waals surface area contributed by atoms with Crippen LogP contribution in [0.25, 0.3) is 22.6 Å². The lowest BCUT2D eigenvalue weighted by Crippen LogP contribution is -1.96. The fourth-order valence-corrected chi connectivity index (χ4v) is 2.60. The fourth-order valence-electron chi connectivity index (χ4n) is 2.60. The van der Waals surface area contributed by atoms with E-state index in [0.717, 1.165) is 0 Å². The summed E-state index contributed by atoms with van der Waals surface area (Å²) in [6.07, 6.45) is 0. The highest BCUT2D eigenvalue weighted by Crippen LogP contribution is 2.41. The van der Waals surface area contributed by atoms with E-state index < -0.39 is 5.82 Å². The molecule has 0 unspecified atom stereocenters. The number of rotatable bonds is 5. The van der Waals surface area contributed by atoms with Gasteiger partial charge in [-0.3, -0.25) is 0 Å². The molecule has 2 aromatic carbocycles. The molecule has 0 spiro atoms. The Morgan fingerprint density at radius 2 is 1.79 bits per heavy atom. The van der Waals surface area contributed by atoms with Crippen LogP contribution in [0.3, 0.4) is 0 Å². The first-order chi connectivity index (χ1) is 11.7. The Morgan fingerprint density at radius 3 is 2.46 bits per heavy atom. The van der Waals surface area contributed by atoms with E-state index in [1.165, 1.54) is 20.3 Å². The first kappa shape index (κ1) is 16.0. The molecular formula is C18H16FNO4. The zero-order valence-corrected chi connectivity index (χ0v) is 13.2. The molecule has 6 heteroatoms. The van der Waals surface area contributed by atoms with Crippen LogP contribution in [-0.2, 0) is 6.61 Å². The minimum atomic E-state index is -0.451. The summed E-state index contributed by atoms with van der Waals surface area (Å²) in [6, 6.07) is 11.5. The van der Waals surface area contributed by atoms with Gasteiger partial charge in [-0.15, -0.1) is 0 Å². The van der Waals surface area contributed by atoms with E-state index in [-0.39, 0.29) is 17.9 Å². The van der Waals surface area contributed by atoms with Gasteiger partial charge in [-0.25, -0.2) is 4.39 Å². The van der Waals surface area contributed by atoms with E-state index in [0.29, 0.717) is 28.3 Å². The second-order valence-electron chi connectivity index (χ2n) is 5.02. The van der Waals surface area contributed by atoms with Crippen molar-refractivity contribution < 1.29 is 23.5 Å². The summed E-state index contributed by atoms with van der Waals surface area (Å²) in [5.74, 6) is 0.723. The lowest BCUT2D eigenvalue weighted by molar-refractivity contribution is 0.281. The van der Waals surface area contributed by atoms with Crippen LogP contribution in [0.5, 0.6) is 11.5 Å². The molecule has 5 nitrogen and oxygen atoms in total. The highest BCUT2D eigenvalue weighted by atomic mass is 19.1. The number of methoxy groups -OCH3 is 2. The van der Waals surface area contributed by atoms with E-state index in [1.54, 1.807) is 36.4 Å². The molecule has 1 N–H and O–H groups in total. The maximum Gasteiger partial charge on any atom is 0.175 e. The van der Waals surface area contributed by atoms with Gasteiger partial charge in [0.1, 0.15) is 11.5 Å². The number of hydrogen-bond acceptors (Lipinski definition) is 5. The van der Waals surface area contributed by atoms with Gasteiger partial charge >= 0.3 is 0 Å². The zero-order chi connectivity index (χ0) is 17.1. The topological polar surface area (TPSA) is 64.7 Å². The van der Waals surface area contributed by atoms with Crippen molar-refractivity contribution in [3.63, 3.8) is 0 Å². The van der Waals surface area contributed by atoms with Gasteiger partial charge in [0.05, 0.1) is 37.5 Å². The number of aliphatic hydroxyl groups is 1. The molecule has 0 aliphatic rings. The minimum absolute atomic E-state index is 0.190. The third-order valence-electron chi connectivity index (χ3n) is 3.72. The molecule has 0 fully saturated rings. The monoisotopic (exact) mass is 329 g/mol. The van der Waals surface area contributed by atoms with Crippen LogP contribution >= 0.6 is 0 Å². The molecule has 0 saturated carbocycles. The maximum atomic E-state index is 14.1. The van der Waals surface area contributed by atoms with Gasteiger partial charge in [-0.1, -0.05) is 23.4 Å². The van der Waals surface area contributed by atoms with E-state index in [4.69, 9.17) is 14.0 Å². The average Bonchev–Trinajstić information content (AvgIpc) is 3.04. The number of para-hydroxylation sites is 1. The van der Waals surface area contributed by atoms with E-state index in [2.05, 4.69) is 5.16 Å². The van der Waals surface area contributed by atoms with Crippen molar-refractivity contribution in [3.8, 4) is 34.1 Å². The molecule has 3 rings (SSSR count). The van der Waals surface area contributed by atoms with Crippen molar-refractivity contribution >= 4 is 0 Å². The van der Waals surface area contributed by atoms with Gasteiger partial charge in [0.2, 0.25) is 0 Å². The molecule has 0 aliphatic carbocycles. The summed E-state index contributed by atoms with van der Waals surface area (Å²) < 4.78 is 30.1. The van der Waals surface area contributed by atoms with Gasteiger partial charge in [0, 0.05) is 0 Å². The van der Waals surface area contributed by atoms with Gasteiger partial charge < -0.3 is 19.1 Å². The predicted molar refractivity (Wildman–Crippen MR) is 86.4 cm³/mol. The number of nitrogens with zero attached hydrogens (tertiary/aromatic N) is 1. The number of benzene rings is 2. The number of aromatic nitrogens is 1. The van der Waals surface area contributed by atoms with Crippen molar-refractivity contribution in [1.29, 1.82) is 0 Å². The summed E-state index contributed by atoms with van der Waals surface area (Å²) >= 11 is 0. The molecule has 0 radical (unpaired) electrons. The Morgan fingerprint density at radius 1 is 1.04 bits per heavy atom. The second-order valence-corrected chi connectivity index (χ2v) is 5.02. The molecule has 1 aromatic heterocycles. The van der Waals surface area contributed by atoms with E-state index in [1.807, 2.05) is 0 Å². The molecule has 124 valence electrons. The summed E-state index contributed by atoms with van der Waals surface area (Å²) in [6.45, 7) is -0.358. The molecular weight excluding hydrogens is 313 g/mol. The Hall–Kier alpha value is -2.86. The van der Waals surface area contributed by atoms with E-state index in [9.17, 15) is 9.50 Å². The predicted octanol–water partition coefficient (Wildman–Crippen LogP) is 3.66. The largest absolute Gasteiger partial charge is 0.493 e. The van der Waals surface area contributed by atoms with Crippen molar-refractivity contribution in [3.05, 3.63) is 53.8 Å². The van der Waals surface area contributed by atoms with Crippen LogP contribution in [0, 0.1) is 5.82 Å². The van der Waals surface area contributed by atoms with Gasteiger partial charge in [-0.2, -0.15) is 0 Å². The molecule has 24 heavy (non-hydrogen) atoms. The third-order valence-corrected chi connectivity index (χ3v) is 3.72. The Bertz CT molecular complexity index is 860. The molecule has 0 aliphatic heterocycles. The van der Waals surface area contributed by atoms with Crippen LogP contribution in [0.15, 0.2) is 47.0 Å². The second kappa shape index (κ2) is 6.72. The quantitative estimate of drug-likeness (QED) is 0.774. The number of hydrogen-bond donors (Lipinski definition) is 1. The molecule has 3 aromatic rings. The lowest BCUT2D eigenvalue weighted by atomic mass is 10.0. The number of aliphatic hydroxyl groups excluding tert-OH is 1. The molecule has 0 bridgehead atoms. The van der Waals surface area contributed by atoms with Crippen molar-refractivity contribution in [2.45, 2.75) is 6.61 Å². The summed E-state index contributed by atoms with van der Waals surface area (Å²) in [5, 5.41) is 13.8.